The van der Waals surface area contributed by atoms with E-state index >= 15 is 0 Å². The molecule has 1 unspecified atom stereocenters. The molecule has 9 heteroatoms. The summed E-state index contributed by atoms with van der Waals surface area (Å²) in [7, 11) is -7.19. The molecule has 6 nitrogen and oxygen atoms in total. The number of sulfonamides is 1. The third-order valence-corrected chi connectivity index (χ3v) is 6.90. The third-order valence-electron chi connectivity index (χ3n) is 3.11. The molecule has 1 aliphatic heterocycles. The molecule has 1 aromatic rings. The van der Waals surface area contributed by atoms with Gasteiger partial charge in [0.2, 0.25) is 10.0 Å². The zero-order valence-corrected chi connectivity index (χ0v) is 12.4. The van der Waals surface area contributed by atoms with Gasteiger partial charge >= 0.3 is 0 Å². The van der Waals surface area contributed by atoms with Gasteiger partial charge in [0.25, 0.3) is 0 Å². The Morgan fingerprint density at radius 2 is 2.00 bits per heavy atom. The molecule has 1 heterocycles. The monoisotopic (exact) mass is 322 g/mol. The fourth-order valence-electron chi connectivity index (χ4n) is 2.21. The van der Waals surface area contributed by atoms with Crippen LogP contribution >= 0.6 is 0 Å². The molecule has 0 spiro atoms. The summed E-state index contributed by atoms with van der Waals surface area (Å²) in [6.45, 7) is 1.37. The van der Waals surface area contributed by atoms with Crippen molar-refractivity contribution in [1.82, 2.24) is 4.31 Å². The second kappa shape index (κ2) is 4.97. The molecule has 0 aliphatic carbocycles. The standard InChI is InChI=1S/C11H15FN2O4S2/c1-8-7-19(15,16)3-2-14(8)20(17,18)11-5-9(12)4-10(13)6-11/h4-6,8H,2-3,7,13H2,1H3. The van der Waals surface area contributed by atoms with Crippen LogP contribution in [0.25, 0.3) is 0 Å². The number of sulfone groups is 1. The van der Waals surface area contributed by atoms with Crippen LogP contribution < -0.4 is 5.73 Å². The number of nitrogens with two attached hydrogens (primary N) is 1. The molecule has 1 aromatic carbocycles. The molecule has 2 N–H and O–H groups in total. The molecule has 0 amide bonds. The molecule has 0 bridgehead atoms. The second-order valence-electron chi connectivity index (χ2n) is 4.80. The largest absolute Gasteiger partial charge is 0.399 e. The van der Waals surface area contributed by atoms with Crippen LogP contribution in [0.2, 0.25) is 0 Å². The van der Waals surface area contributed by atoms with E-state index in [9.17, 15) is 21.2 Å². The maximum Gasteiger partial charge on any atom is 0.243 e. The van der Waals surface area contributed by atoms with Crippen molar-refractivity contribution < 1.29 is 21.2 Å². The van der Waals surface area contributed by atoms with Gasteiger partial charge in [-0.15, -0.1) is 0 Å². The highest BCUT2D eigenvalue weighted by Crippen LogP contribution is 2.24. The highest BCUT2D eigenvalue weighted by atomic mass is 32.2. The Bertz CT molecular complexity index is 711. The van der Waals surface area contributed by atoms with Gasteiger partial charge in [-0.25, -0.2) is 21.2 Å². The Balaban J connectivity index is 2.40. The molecular formula is C11H15FN2O4S2. The van der Waals surface area contributed by atoms with Gasteiger partial charge in [0.1, 0.15) is 5.82 Å². The predicted octanol–water partition coefficient (Wildman–Crippen LogP) is 0.216. The number of nitrogen functional groups attached to an aromatic ring is 1. The summed E-state index contributed by atoms with van der Waals surface area (Å²) in [5.74, 6) is -1.22. The normalized spacial score (nSPS) is 23.6. The summed E-state index contributed by atoms with van der Waals surface area (Å²) < 4.78 is 62.2. The van der Waals surface area contributed by atoms with E-state index < -0.39 is 31.7 Å². The van der Waals surface area contributed by atoms with Gasteiger partial charge < -0.3 is 5.73 Å². The van der Waals surface area contributed by atoms with Crippen molar-refractivity contribution in [3.63, 3.8) is 0 Å². The minimum atomic E-state index is -3.96. The van der Waals surface area contributed by atoms with Gasteiger partial charge in [0.05, 0.1) is 16.4 Å². The highest BCUT2D eigenvalue weighted by molar-refractivity contribution is 7.92. The Hall–Kier alpha value is -1.19. The first kappa shape index (κ1) is 15.2. The third kappa shape index (κ3) is 2.94. The van der Waals surface area contributed by atoms with E-state index in [2.05, 4.69) is 0 Å². The smallest absolute Gasteiger partial charge is 0.243 e. The molecule has 0 saturated carbocycles. The lowest BCUT2D eigenvalue weighted by molar-refractivity contribution is 0.356. The Morgan fingerprint density at radius 3 is 2.55 bits per heavy atom. The average Bonchev–Trinajstić information content (AvgIpc) is 2.25. The van der Waals surface area contributed by atoms with Gasteiger partial charge in [0.15, 0.2) is 9.84 Å². The van der Waals surface area contributed by atoms with E-state index in [1.807, 2.05) is 0 Å². The molecule has 2 rings (SSSR count). The van der Waals surface area contributed by atoms with Crippen molar-refractivity contribution in [2.24, 2.45) is 0 Å². The number of halogens is 1. The molecule has 0 radical (unpaired) electrons. The molecule has 20 heavy (non-hydrogen) atoms. The Kier molecular flexibility index (Phi) is 3.78. The molecule has 0 aromatic heterocycles. The van der Waals surface area contributed by atoms with Crippen molar-refractivity contribution in [3.05, 3.63) is 24.0 Å². The van der Waals surface area contributed by atoms with E-state index in [1.54, 1.807) is 0 Å². The van der Waals surface area contributed by atoms with Crippen LogP contribution in [0, 0.1) is 5.82 Å². The fraction of sp³-hybridized carbons (Fsp3) is 0.455. The molecule has 112 valence electrons. The summed E-state index contributed by atoms with van der Waals surface area (Å²) in [5.41, 5.74) is 5.45. The lowest BCUT2D eigenvalue weighted by Gasteiger charge is -2.32. The first-order chi connectivity index (χ1) is 9.12. The van der Waals surface area contributed by atoms with E-state index in [4.69, 9.17) is 5.73 Å². The fourth-order valence-corrected chi connectivity index (χ4v) is 5.67. The van der Waals surface area contributed by atoms with E-state index in [-0.39, 0.29) is 28.6 Å². The molecule has 1 aliphatic rings. The van der Waals surface area contributed by atoms with Gasteiger partial charge in [0, 0.05) is 18.3 Å². The quantitative estimate of drug-likeness (QED) is 0.785. The van der Waals surface area contributed by atoms with Crippen molar-refractivity contribution in [2.75, 3.05) is 23.8 Å². The summed E-state index contributed by atoms with van der Waals surface area (Å²) in [5, 5.41) is 0. The van der Waals surface area contributed by atoms with Crippen LogP contribution in [0.3, 0.4) is 0 Å². The zero-order valence-electron chi connectivity index (χ0n) is 10.8. The number of anilines is 1. The Labute approximate surface area is 117 Å². The molecular weight excluding hydrogens is 307 g/mol. The van der Waals surface area contributed by atoms with Crippen LogP contribution in [0.1, 0.15) is 6.92 Å². The summed E-state index contributed by atoms with van der Waals surface area (Å²) >= 11 is 0. The van der Waals surface area contributed by atoms with Crippen molar-refractivity contribution in [1.29, 1.82) is 0 Å². The van der Waals surface area contributed by atoms with Crippen LogP contribution in [0.5, 0.6) is 0 Å². The SMILES string of the molecule is CC1CS(=O)(=O)CCN1S(=O)(=O)c1cc(N)cc(F)c1. The van der Waals surface area contributed by atoms with Crippen molar-refractivity contribution >= 4 is 25.5 Å². The predicted molar refractivity (Wildman–Crippen MR) is 72.8 cm³/mol. The Morgan fingerprint density at radius 1 is 1.35 bits per heavy atom. The van der Waals surface area contributed by atoms with Crippen molar-refractivity contribution in [2.45, 2.75) is 17.9 Å². The van der Waals surface area contributed by atoms with Crippen LogP contribution in [0.4, 0.5) is 10.1 Å². The van der Waals surface area contributed by atoms with Crippen LogP contribution in [0.15, 0.2) is 23.1 Å². The lowest BCUT2D eigenvalue weighted by atomic mass is 10.3. The van der Waals surface area contributed by atoms with Crippen molar-refractivity contribution in [3.8, 4) is 0 Å². The average molecular weight is 322 g/mol. The maximum absolute atomic E-state index is 13.3. The zero-order chi connectivity index (χ0) is 15.1. The summed E-state index contributed by atoms with van der Waals surface area (Å²) in [6.07, 6.45) is 0. The second-order valence-corrected chi connectivity index (χ2v) is 8.92. The number of hydrogen-bond donors (Lipinski definition) is 1. The molecule has 1 atom stereocenters. The highest BCUT2D eigenvalue weighted by Gasteiger charge is 2.36. The van der Waals surface area contributed by atoms with E-state index in [0.29, 0.717) is 0 Å². The number of benzene rings is 1. The van der Waals surface area contributed by atoms with Gasteiger partial charge in [-0.1, -0.05) is 0 Å². The van der Waals surface area contributed by atoms with Gasteiger partial charge in [-0.05, 0) is 25.1 Å². The van der Waals surface area contributed by atoms with E-state index in [1.165, 1.54) is 6.92 Å². The summed E-state index contributed by atoms with van der Waals surface area (Å²) in [4.78, 5) is -0.263. The summed E-state index contributed by atoms with van der Waals surface area (Å²) in [6, 6.07) is 2.36. The van der Waals surface area contributed by atoms with Gasteiger partial charge in [-0.2, -0.15) is 4.31 Å². The first-order valence-electron chi connectivity index (χ1n) is 5.90. The maximum atomic E-state index is 13.3. The first-order valence-corrected chi connectivity index (χ1v) is 9.16. The van der Waals surface area contributed by atoms with E-state index in [0.717, 1.165) is 22.5 Å². The minimum Gasteiger partial charge on any atom is -0.399 e. The van der Waals surface area contributed by atoms with Crippen LogP contribution in [-0.4, -0.2) is 45.2 Å². The van der Waals surface area contributed by atoms with Crippen LogP contribution in [-0.2, 0) is 19.9 Å². The lowest BCUT2D eigenvalue weighted by Crippen LogP contribution is -2.49. The minimum absolute atomic E-state index is 0.000795. The number of hydrogen-bond acceptors (Lipinski definition) is 5. The molecule has 1 fully saturated rings. The topological polar surface area (TPSA) is 97.5 Å². The molecule has 1 saturated heterocycles. The number of nitrogens with zero attached hydrogens (tertiary/aromatic N) is 1. The number of rotatable bonds is 2. The van der Waals surface area contributed by atoms with Gasteiger partial charge in [-0.3, -0.25) is 0 Å².